The summed E-state index contributed by atoms with van der Waals surface area (Å²) in [5, 5.41) is 0. The molecule has 2 aliphatic rings. The highest BCUT2D eigenvalue weighted by atomic mass is 19.1. The number of amides is 1. The Morgan fingerprint density at radius 1 is 1.00 bits per heavy atom. The van der Waals surface area contributed by atoms with Crippen molar-refractivity contribution in [1.29, 1.82) is 0 Å². The van der Waals surface area contributed by atoms with Crippen LogP contribution in [0.25, 0.3) is 0 Å². The largest absolute Gasteiger partial charge is 0.339 e. The van der Waals surface area contributed by atoms with Crippen LogP contribution in [-0.4, -0.2) is 23.9 Å². The number of nitrogens with zero attached hydrogens (tertiary/aromatic N) is 1. The van der Waals surface area contributed by atoms with E-state index in [9.17, 15) is 9.18 Å². The van der Waals surface area contributed by atoms with Crippen LogP contribution in [0.4, 0.5) is 4.39 Å². The first-order chi connectivity index (χ1) is 9.19. The first-order valence-electron chi connectivity index (χ1n) is 7.23. The predicted molar refractivity (Wildman–Crippen MR) is 72.4 cm³/mol. The Morgan fingerprint density at radius 3 is 2.16 bits per heavy atom. The van der Waals surface area contributed by atoms with Gasteiger partial charge in [0.25, 0.3) is 5.91 Å². The van der Waals surface area contributed by atoms with E-state index >= 15 is 0 Å². The minimum atomic E-state index is -0.292. The van der Waals surface area contributed by atoms with Crippen molar-refractivity contribution in [2.75, 3.05) is 13.1 Å². The van der Waals surface area contributed by atoms with Gasteiger partial charge in [-0.1, -0.05) is 12.8 Å². The molecule has 1 heterocycles. The number of halogens is 1. The van der Waals surface area contributed by atoms with Gasteiger partial charge in [-0.15, -0.1) is 0 Å². The van der Waals surface area contributed by atoms with Gasteiger partial charge in [0.15, 0.2) is 0 Å². The Morgan fingerprint density at radius 2 is 1.58 bits per heavy atom. The fourth-order valence-electron chi connectivity index (χ4n) is 3.58. The molecule has 0 N–H and O–H groups in total. The number of hydrogen-bond acceptors (Lipinski definition) is 1. The summed E-state index contributed by atoms with van der Waals surface area (Å²) in [5.41, 5.74) is 1.13. The average Bonchev–Trinajstić information content (AvgIpc) is 2.88. The zero-order valence-corrected chi connectivity index (χ0v) is 11.2. The first-order valence-corrected chi connectivity index (χ1v) is 7.23. The Labute approximate surface area is 113 Å². The fourth-order valence-corrected chi connectivity index (χ4v) is 3.58. The molecule has 102 valence electrons. The van der Waals surface area contributed by atoms with Crippen LogP contribution in [0.1, 0.15) is 48.9 Å². The van der Waals surface area contributed by atoms with E-state index in [2.05, 4.69) is 0 Å². The molecule has 1 aromatic rings. The van der Waals surface area contributed by atoms with Gasteiger partial charge < -0.3 is 4.90 Å². The molecule has 1 aliphatic carbocycles. The Bertz CT molecular complexity index is 452. The molecule has 19 heavy (non-hydrogen) atoms. The number of piperidine rings is 1. The summed E-state index contributed by atoms with van der Waals surface area (Å²) >= 11 is 0. The van der Waals surface area contributed by atoms with Crippen LogP contribution in [0.3, 0.4) is 0 Å². The minimum Gasteiger partial charge on any atom is -0.339 e. The van der Waals surface area contributed by atoms with E-state index in [1.165, 1.54) is 37.8 Å². The molecule has 1 saturated heterocycles. The monoisotopic (exact) mass is 261 g/mol. The molecule has 0 unspecified atom stereocenters. The lowest BCUT2D eigenvalue weighted by Gasteiger charge is -2.39. The summed E-state index contributed by atoms with van der Waals surface area (Å²) in [6.45, 7) is 1.71. The maximum absolute atomic E-state index is 12.9. The summed E-state index contributed by atoms with van der Waals surface area (Å²) in [6.07, 6.45) is 7.66. The number of benzene rings is 1. The smallest absolute Gasteiger partial charge is 0.253 e. The van der Waals surface area contributed by atoms with Crippen molar-refractivity contribution in [2.45, 2.75) is 38.5 Å². The molecule has 1 spiro atoms. The van der Waals surface area contributed by atoms with Crippen molar-refractivity contribution in [2.24, 2.45) is 5.41 Å². The highest BCUT2D eigenvalue weighted by Crippen LogP contribution is 2.46. The predicted octanol–water partition coefficient (Wildman–Crippen LogP) is 3.62. The molecule has 3 heteroatoms. The number of carbonyl (C=O) groups excluding carboxylic acids is 1. The van der Waals surface area contributed by atoms with Crippen molar-refractivity contribution < 1.29 is 9.18 Å². The van der Waals surface area contributed by atoms with E-state index in [1.807, 2.05) is 4.90 Å². The van der Waals surface area contributed by atoms with Crippen molar-refractivity contribution >= 4 is 5.91 Å². The molecule has 0 atom stereocenters. The molecule has 1 aliphatic heterocycles. The zero-order chi connectivity index (χ0) is 13.3. The molecule has 0 bridgehead atoms. The van der Waals surface area contributed by atoms with Gasteiger partial charge in [-0.2, -0.15) is 0 Å². The van der Waals surface area contributed by atoms with Gasteiger partial charge >= 0.3 is 0 Å². The van der Waals surface area contributed by atoms with Gasteiger partial charge in [0.2, 0.25) is 0 Å². The molecule has 0 aromatic heterocycles. The lowest BCUT2D eigenvalue weighted by atomic mass is 9.77. The van der Waals surface area contributed by atoms with Crippen molar-refractivity contribution in [3.05, 3.63) is 35.6 Å². The molecule has 3 rings (SSSR count). The van der Waals surface area contributed by atoms with Crippen LogP contribution in [0.15, 0.2) is 24.3 Å². The molecule has 1 amide bonds. The van der Waals surface area contributed by atoms with E-state index < -0.39 is 0 Å². The fraction of sp³-hybridized carbons (Fsp3) is 0.562. The second-order valence-corrected chi connectivity index (χ2v) is 6.01. The highest BCUT2D eigenvalue weighted by Gasteiger charge is 2.37. The Kier molecular flexibility index (Phi) is 3.29. The van der Waals surface area contributed by atoms with Gasteiger partial charge in [-0.05, 0) is 55.4 Å². The minimum absolute atomic E-state index is 0.0489. The standard InChI is InChI=1S/C16H20FNO/c17-14-5-3-13(4-6-14)15(19)18-11-9-16(10-12-18)7-1-2-8-16/h3-6H,1-2,7-12H2. The SMILES string of the molecule is O=C(c1ccc(F)cc1)N1CCC2(CCCC2)CC1. The van der Waals surface area contributed by atoms with Gasteiger partial charge in [-0.3, -0.25) is 4.79 Å². The Hall–Kier alpha value is -1.38. The van der Waals surface area contributed by atoms with Crippen LogP contribution in [0.2, 0.25) is 0 Å². The average molecular weight is 261 g/mol. The summed E-state index contributed by atoms with van der Waals surface area (Å²) in [5.74, 6) is -0.243. The van der Waals surface area contributed by atoms with Gasteiger partial charge in [0, 0.05) is 18.7 Å². The van der Waals surface area contributed by atoms with Crippen LogP contribution < -0.4 is 0 Å². The van der Waals surface area contributed by atoms with E-state index in [-0.39, 0.29) is 11.7 Å². The molecule has 2 fully saturated rings. The van der Waals surface area contributed by atoms with Crippen molar-refractivity contribution in [1.82, 2.24) is 4.90 Å². The second kappa shape index (κ2) is 4.95. The first kappa shape index (κ1) is 12.6. The summed E-state index contributed by atoms with van der Waals surface area (Å²) in [7, 11) is 0. The second-order valence-electron chi connectivity index (χ2n) is 6.01. The van der Waals surface area contributed by atoms with Crippen molar-refractivity contribution in [3.8, 4) is 0 Å². The maximum atomic E-state index is 12.9. The normalized spacial score (nSPS) is 21.8. The third kappa shape index (κ3) is 2.51. The van der Waals surface area contributed by atoms with Crippen LogP contribution >= 0.6 is 0 Å². The van der Waals surface area contributed by atoms with E-state index in [0.717, 1.165) is 25.9 Å². The van der Waals surface area contributed by atoms with Gasteiger partial charge in [0.1, 0.15) is 5.82 Å². The highest BCUT2D eigenvalue weighted by molar-refractivity contribution is 5.94. The zero-order valence-electron chi connectivity index (χ0n) is 11.2. The number of hydrogen-bond donors (Lipinski definition) is 0. The molecular formula is C16H20FNO. The van der Waals surface area contributed by atoms with Crippen LogP contribution in [0.5, 0.6) is 0 Å². The molecule has 1 saturated carbocycles. The van der Waals surface area contributed by atoms with Crippen molar-refractivity contribution in [3.63, 3.8) is 0 Å². The lowest BCUT2D eigenvalue weighted by molar-refractivity contribution is 0.0587. The summed E-state index contributed by atoms with van der Waals surface area (Å²) < 4.78 is 12.9. The lowest BCUT2D eigenvalue weighted by Crippen LogP contribution is -2.42. The van der Waals surface area contributed by atoms with Crippen LogP contribution in [0, 0.1) is 11.2 Å². The maximum Gasteiger partial charge on any atom is 0.253 e. The quantitative estimate of drug-likeness (QED) is 0.756. The van der Waals surface area contributed by atoms with Crippen LogP contribution in [-0.2, 0) is 0 Å². The Balaban J connectivity index is 1.64. The molecular weight excluding hydrogens is 241 g/mol. The number of likely N-dealkylation sites (tertiary alicyclic amines) is 1. The molecule has 2 nitrogen and oxygen atoms in total. The third-order valence-corrected chi connectivity index (χ3v) is 4.87. The topological polar surface area (TPSA) is 20.3 Å². The molecule has 0 radical (unpaired) electrons. The van der Waals surface area contributed by atoms with Gasteiger partial charge in [0.05, 0.1) is 0 Å². The van der Waals surface area contributed by atoms with E-state index in [4.69, 9.17) is 0 Å². The third-order valence-electron chi connectivity index (χ3n) is 4.87. The summed E-state index contributed by atoms with van der Waals surface area (Å²) in [6, 6.07) is 5.88. The molecule has 1 aromatic carbocycles. The van der Waals surface area contributed by atoms with E-state index in [1.54, 1.807) is 12.1 Å². The summed E-state index contributed by atoms with van der Waals surface area (Å²) in [4.78, 5) is 14.2. The number of rotatable bonds is 1. The van der Waals surface area contributed by atoms with E-state index in [0.29, 0.717) is 11.0 Å². The van der Waals surface area contributed by atoms with Gasteiger partial charge in [-0.25, -0.2) is 4.39 Å². The number of carbonyl (C=O) groups is 1.